The van der Waals surface area contributed by atoms with Gasteiger partial charge in [0.1, 0.15) is 11.6 Å². The molecule has 1 aromatic carbocycles. The van der Waals surface area contributed by atoms with Crippen molar-refractivity contribution in [3.63, 3.8) is 0 Å². The second-order valence-electron chi connectivity index (χ2n) is 3.40. The Morgan fingerprint density at radius 2 is 2.00 bits per heavy atom. The van der Waals surface area contributed by atoms with Crippen LogP contribution in [0, 0.1) is 11.6 Å². The van der Waals surface area contributed by atoms with E-state index >= 15 is 0 Å². The fourth-order valence-electron chi connectivity index (χ4n) is 1.38. The van der Waals surface area contributed by atoms with Crippen molar-refractivity contribution in [3.05, 3.63) is 29.8 Å². The lowest BCUT2D eigenvalue weighted by molar-refractivity contribution is 0.442. The first kappa shape index (κ1) is 8.48. The lowest BCUT2D eigenvalue weighted by Gasteiger charge is -2.27. The molecule has 0 radical (unpaired) electrons. The number of halogens is 2. The van der Waals surface area contributed by atoms with Crippen molar-refractivity contribution in [2.45, 2.75) is 25.3 Å². The topological polar surface area (TPSA) is 12.0 Å². The van der Waals surface area contributed by atoms with Gasteiger partial charge < -0.3 is 5.32 Å². The van der Waals surface area contributed by atoms with Gasteiger partial charge in [0.2, 0.25) is 0 Å². The van der Waals surface area contributed by atoms with Gasteiger partial charge in [-0.05, 0) is 37.5 Å². The van der Waals surface area contributed by atoms with E-state index in [1.807, 2.05) is 0 Å². The van der Waals surface area contributed by atoms with Crippen molar-refractivity contribution >= 4 is 5.69 Å². The summed E-state index contributed by atoms with van der Waals surface area (Å²) in [5.41, 5.74) is 0.282. The second kappa shape index (κ2) is 3.32. The molecule has 1 aliphatic carbocycles. The van der Waals surface area contributed by atoms with Crippen LogP contribution in [0.25, 0.3) is 0 Å². The third-order valence-electron chi connectivity index (χ3n) is 2.39. The van der Waals surface area contributed by atoms with Crippen LogP contribution in [0.15, 0.2) is 18.2 Å². The molecule has 0 saturated heterocycles. The van der Waals surface area contributed by atoms with E-state index in [-0.39, 0.29) is 11.5 Å². The molecule has 1 saturated carbocycles. The van der Waals surface area contributed by atoms with Gasteiger partial charge in [-0.3, -0.25) is 0 Å². The number of hydrogen-bond acceptors (Lipinski definition) is 1. The first-order valence-electron chi connectivity index (χ1n) is 4.47. The maximum absolute atomic E-state index is 13.1. The van der Waals surface area contributed by atoms with E-state index in [2.05, 4.69) is 5.32 Å². The molecule has 0 amide bonds. The molecule has 3 heteroatoms. The molecule has 1 N–H and O–H groups in total. The van der Waals surface area contributed by atoms with Crippen molar-refractivity contribution in [1.29, 1.82) is 0 Å². The van der Waals surface area contributed by atoms with Crippen LogP contribution in [0.3, 0.4) is 0 Å². The Kier molecular flexibility index (Phi) is 2.17. The summed E-state index contributed by atoms with van der Waals surface area (Å²) in [4.78, 5) is 0. The van der Waals surface area contributed by atoms with E-state index in [1.54, 1.807) is 0 Å². The SMILES string of the molecule is Fc1ccc(F)c(NC2CCC2)c1. The third kappa shape index (κ3) is 1.79. The zero-order valence-electron chi connectivity index (χ0n) is 7.19. The van der Waals surface area contributed by atoms with Gasteiger partial charge in [-0.25, -0.2) is 8.78 Å². The molecule has 0 bridgehead atoms. The van der Waals surface area contributed by atoms with Crippen LogP contribution in [-0.4, -0.2) is 6.04 Å². The standard InChI is InChI=1S/C10H11F2N/c11-7-4-5-9(12)10(6-7)13-8-2-1-3-8/h4-6,8,13H,1-3H2. The Morgan fingerprint density at radius 3 is 2.62 bits per heavy atom. The summed E-state index contributed by atoms with van der Waals surface area (Å²) in [5.74, 6) is -0.781. The number of rotatable bonds is 2. The summed E-state index contributed by atoms with van der Waals surface area (Å²) >= 11 is 0. The van der Waals surface area contributed by atoms with Crippen LogP contribution in [0.2, 0.25) is 0 Å². The number of nitrogens with one attached hydrogen (secondary N) is 1. The highest BCUT2D eigenvalue weighted by molar-refractivity contribution is 5.46. The van der Waals surface area contributed by atoms with E-state index in [1.165, 1.54) is 12.5 Å². The van der Waals surface area contributed by atoms with E-state index < -0.39 is 5.82 Å². The van der Waals surface area contributed by atoms with Gasteiger partial charge in [0, 0.05) is 6.04 Å². The minimum absolute atomic E-state index is 0.282. The van der Waals surface area contributed by atoms with E-state index in [4.69, 9.17) is 0 Å². The van der Waals surface area contributed by atoms with Crippen LogP contribution >= 0.6 is 0 Å². The summed E-state index contributed by atoms with van der Waals surface area (Å²) in [7, 11) is 0. The first-order valence-corrected chi connectivity index (χ1v) is 4.47. The Labute approximate surface area is 75.8 Å². The predicted octanol–water partition coefficient (Wildman–Crippen LogP) is 2.93. The minimum Gasteiger partial charge on any atom is -0.380 e. The zero-order valence-corrected chi connectivity index (χ0v) is 7.19. The van der Waals surface area contributed by atoms with E-state index in [9.17, 15) is 8.78 Å². The smallest absolute Gasteiger partial charge is 0.146 e. The highest BCUT2D eigenvalue weighted by Gasteiger charge is 2.18. The molecule has 0 aromatic heterocycles. The second-order valence-corrected chi connectivity index (χ2v) is 3.40. The highest BCUT2D eigenvalue weighted by atomic mass is 19.1. The van der Waals surface area contributed by atoms with E-state index in [0.29, 0.717) is 6.04 Å². The van der Waals surface area contributed by atoms with Gasteiger partial charge >= 0.3 is 0 Å². The Balaban J connectivity index is 2.13. The average Bonchev–Trinajstić information content (AvgIpc) is 2.03. The molecule has 0 spiro atoms. The number of hydrogen-bond donors (Lipinski definition) is 1. The van der Waals surface area contributed by atoms with Crippen molar-refractivity contribution in [1.82, 2.24) is 0 Å². The summed E-state index contributed by atoms with van der Waals surface area (Å²) in [6.45, 7) is 0. The maximum atomic E-state index is 13.1. The first-order chi connectivity index (χ1) is 6.25. The molecule has 2 rings (SSSR count). The summed E-state index contributed by atoms with van der Waals surface area (Å²) in [5, 5.41) is 2.97. The van der Waals surface area contributed by atoms with Gasteiger partial charge in [0.15, 0.2) is 0 Å². The lowest BCUT2D eigenvalue weighted by Crippen LogP contribution is -2.27. The predicted molar refractivity (Wildman–Crippen MR) is 47.6 cm³/mol. The van der Waals surface area contributed by atoms with Crippen LogP contribution in [-0.2, 0) is 0 Å². The lowest BCUT2D eigenvalue weighted by atomic mass is 9.93. The van der Waals surface area contributed by atoms with E-state index in [0.717, 1.165) is 25.0 Å². The molecule has 0 atom stereocenters. The molecular formula is C10H11F2N. The van der Waals surface area contributed by atoms with Gasteiger partial charge in [0.05, 0.1) is 5.69 Å². The Bertz CT molecular complexity index is 308. The largest absolute Gasteiger partial charge is 0.380 e. The Hall–Kier alpha value is -1.12. The molecule has 1 nitrogen and oxygen atoms in total. The molecule has 70 valence electrons. The molecule has 0 unspecified atom stereocenters. The number of benzene rings is 1. The molecule has 0 aliphatic heterocycles. The summed E-state index contributed by atoms with van der Waals surface area (Å²) < 4.78 is 25.8. The van der Waals surface area contributed by atoms with Crippen LogP contribution in [0.1, 0.15) is 19.3 Å². The fourth-order valence-corrected chi connectivity index (χ4v) is 1.38. The van der Waals surface area contributed by atoms with Gasteiger partial charge in [-0.2, -0.15) is 0 Å². The van der Waals surface area contributed by atoms with Crippen LogP contribution in [0.5, 0.6) is 0 Å². The van der Waals surface area contributed by atoms with Crippen molar-refractivity contribution < 1.29 is 8.78 Å². The minimum atomic E-state index is -0.400. The summed E-state index contributed by atoms with van der Waals surface area (Å²) in [6.07, 6.45) is 3.28. The zero-order chi connectivity index (χ0) is 9.26. The Morgan fingerprint density at radius 1 is 1.23 bits per heavy atom. The van der Waals surface area contributed by atoms with Crippen molar-refractivity contribution in [2.75, 3.05) is 5.32 Å². The van der Waals surface area contributed by atoms with Crippen molar-refractivity contribution in [2.24, 2.45) is 0 Å². The van der Waals surface area contributed by atoms with Gasteiger partial charge in [-0.1, -0.05) is 0 Å². The van der Waals surface area contributed by atoms with Gasteiger partial charge in [-0.15, -0.1) is 0 Å². The molecule has 1 aliphatic rings. The molecule has 0 heterocycles. The van der Waals surface area contributed by atoms with Gasteiger partial charge in [0.25, 0.3) is 0 Å². The molecule has 13 heavy (non-hydrogen) atoms. The highest BCUT2D eigenvalue weighted by Crippen LogP contribution is 2.25. The third-order valence-corrected chi connectivity index (χ3v) is 2.39. The number of anilines is 1. The summed E-state index contributed by atoms with van der Waals surface area (Å²) in [6, 6.07) is 3.81. The molecule has 1 aromatic rings. The van der Waals surface area contributed by atoms with Crippen LogP contribution in [0.4, 0.5) is 14.5 Å². The molecule has 1 fully saturated rings. The molecular weight excluding hydrogens is 172 g/mol. The quantitative estimate of drug-likeness (QED) is 0.743. The fraction of sp³-hybridized carbons (Fsp3) is 0.400. The normalized spacial score (nSPS) is 16.8. The average molecular weight is 183 g/mol. The monoisotopic (exact) mass is 183 g/mol. The van der Waals surface area contributed by atoms with Crippen LogP contribution < -0.4 is 5.32 Å². The van der Waals surface area contributed by atoms with Crippen molar-refractivity contribution in [3.8, 4) is 0 Å². The maximum Gasteiger partial charge on any atom is 0.146 e.